The van der Waals surface area contributed by atoms with Gasteiger partial charge >= 0.3 is 12.0 Å². The van der Waals surface area contributed by atoms with Crippen molar-refractivity contribution in [2.45, 2.75) is 0 Å². The summed E-state index contributed by atoms with van der Waals surface area (Å²) in [6, 6.07) is -0.272. The van der Waals surface area contributed by atoms with Crippen molar-refractivity contribution in [3.8, 4) is 0 Å². The van der Waals surface area contributed by atoms with Crippen LogP contribution in [-0.2, 0) is 4.79 Å². The molecule has 1 saturated heterocycles. The second kappa shape index (κ2) is 7.75. The molecule has 2 amide bonds. The molecule has 7 heteroatoms. The molecule has 0 saturated carbocycles. The molecule has 1 heterocycles. The number of nitrogens with zero attached hydrogens (tertiary/aromatic N) is 3. The summed E-state index contributed by atoms with van der Waals surface area (Å²) < 4.78 is 0. The number of amides is 2. The Labute approximate surface area is 112 Å². The van der Waals surface area contributed by atoms with Crippen LogP contribution in [0, 0.1) is 0 Å². The molecule has 0 spiro atoms. The predicted octanol–water partition coefficient (Wildman–Crippen LogP) is -0.711. The van der Waals surface area contributed by atoms with Crippen LogP contribution in [0.25, 0.3) is 0 Å². The highest BCUT2D eigenvalue weighted by molar-refractivity contribution is 5.80. The van der Waals surface area contributed by atoms with Gasteiger partial charge in [-0.05, 0) is 0 Å². The molecule has 0 aromatic carbocycles. The topological polar surface area (TPSA) is 84.3 Å². The number of piperazine rings is 1. The number of hydrogen-bond acceptors (Lipinski definition) is 4. The second-order valence-electron chi connectivity index (χ2n) is 4.40. The van der Waals surface area contributed by atoms with E-state index >= 15 is 0 Å². The molecule has 0 aromatic heterocycles. The van der Waals surface area contributed by atoms with E-state index in [-0.39, 0.29) is 25.7 Å². The third-order valence-corrected chi connectivity index (χ3v) is 3.01. The monoisotopic (exact) mass is 271 g/mol. The summed E-state index contributed by atoms with van der Waals surface area (Å²) in [5.74, 6) is -1.03. The molecule has 1 aliphatic rings. The number of aliphatic hydroxyl groups is 1. The number of carboxylic acid groups (broad SMARTS) is 1. The summed E-state index contributed by atoms with van der Waals surface area (Å²) in [6.07, 6.45) is 1.52. The van der Waals surface area contributed by atoms with Crippen LogP contribution in [0.15, 0.2) is 12.7 Å². The van der Waals surface area contributed by atoms with Crippen LogP contribution < -0.4 is 0 Å². The molecule has 0 radical (unpaired) electrons. The molecular weight excluding hydrogens is 250 g/mol. The lowest BCUT2D eigenvalue weighted by Crippen LogP contribution is -2.53. The summed E-state index contributed by atoms with van der Waals surface area (Å²) >= 11 is 0. The van der Waals surface area contributed by atoms with Crippen LogP contribution in [0.3, 0.4) is 0 Å². The van der Waals surface area contributed by atoms with Crippen molar-refractivity contribution in [1.82, 2.24) is 14.7 Å². The smallest absolute Gasteiger partial charge is 0.323 e. The van der Waals surface area contributed by atoms with Crippen LogP contribution in [0.1, 0.15) is 0 Å². The third-order valence-electron chi connectivity index (χ3n) is 3.01. The van der Waals surface area contributed by atoms with E-state index in [1.807, 2.05) is 0 Å². The SMILES string of the molecule is C=CCN(CC(=O)O)C(=O)N1CCN(CCO)CC1. The number of rotatable bonds is 6. The van der Waals surface area contributed by atoms with Crippen LogP contribution in [0.4, 0.5) is 4.79 Å². The van der Waals surface area contributed by atoms with Gasteiger partial charge in [0.2, 0.25) is 0 Å². The molecule has 0 aromatic rings. The Hall–Kier alpha value is -1.60. The van der Waals surface area contributed by atoms with Crippen molar-refractivity contribution in [3.63, 3.8) is 0 Å². The van der Waals surface area contributed by atoms with Crippen molar-refractivity contribution in [3.05, 3.63) is 12.7 Å². The van der Waals surface area contributed by atoms with E-state index in [0.717, 1.165) is 0 Å². The summed E-state index contributed by atoms with van der Waals surface area (Å²) in [4.78, 5) is 27.9. The van der Waals surface area contributed by atoms with Crippen LogP contribution >= 0.6 is 0 Å². The highest BCUT2D eigenvalue weighted by Crippen LogP contribution is 2.06. The molecule has 7 nitrogen and oxygen atoms in total. The maximum atomic E-state index is 12.2. The van der Waals surface area contributed by atoms with Crippen molar-refractivity contribution in [2.75, 3.05) is 52.4 Å². The fourth-order valence-electron chi connectivity index (χ4n) is 2.03. The number of aliphatic carboxylic acids is 1. The van der Waals surface area contributed by atoms with Crippen LogP contribution in [-0.4, -0.2) is 89.3 Å². The molecule has 108 valence electrons. The average Bonchev–Trinajstić information content (AvgIpc) is 2.38. The van der Waals surface area contributed by atoms with Gasteiger partial charge in [0.15, 0.2) is 0 Å². The van der Waals surface area contributed by atoms with E-state index in [0.29, 0.717) is 32.7 Å². The fourth-order valence-corrected chi connectivity index (χ4v) is 2.03. The number of carbonyl (C=O) groups excluding carboxylic acids is 1. The lowest BCUT2D eigenvalue weighted by Gasteiger charge is -2.36. The molecule has 1 fully saturated rings. The van der Waals surface area contributed by atoms with Gasteiger partial charge in [-0.25, -0.2) is 4.79 Å². The van der Waals surface area contributed by atoms with E-state index in [1.54, 1.807) is 4.90 Å². The Kier molecular flexibility index (Phi) is 6.31. The number of carboxylic acids is 1. The number of aliphatic hydroxyl groups excluding tert-OH is 1. The highest BCUT2D eigenvalue weighted by atomic mass is 16.4. The van der Waals surface area contributed by atoms with Gasteiger partial charge in [0.25, 0.3) is 0 Å². The first-order valence-electron chi connectivity index (χ1n) is 6.28. The lowest BCUT2D eigenvalue weighted by molar-refractivity contribution is -0.137. The summed E-state index contributed by atoms with van der Waals surface area (Å²) in [5, 5.41) is 17.6. The molecular formula is C12H21N3O4. The lowest BCUT2D eigenvalue weighted by atomic mass is 10.3. The first kappa shape index (κ1) is 15.5. The predicted molar refractivity (Wildman–Crippen MR) is 69.9 cm³/mol. The Morgan fingerprint density at radius 2 is 1.89 bits per heavy atom. The van der Waals surface area contributed by atoms with E-state index in [4.69, 9.17) is 10.2 Å². The third kappa shape index (κ3) is 4.88. The van der Waals surface area contributed by atoms with Gasteiger partial charge in [0.05, 0.1) is 6.61 Å². The molecule has 0 bridgehead atoms. The average molecular weight is 271 g/mol. The molecule has 2 N–H and O–H groups in total. The normalized spacial score (nSPS) is 16.2. The van der Waals surface area contributed by atoms with Gasteiger partial charge in [-0.15, -0.1) is 6.58 Å². The molecule has 19 heavy (non-hydrogen) atoms. The fraction of sp³-hybridized carbons (Fsp3) is 0.667. The van der Waals surface area contributed by atoms with Gasteiger partial charge in [0.1, 0.15) is 6.54 Å². The Balaban J connectivity index is 2.51. The molecule has 0 unspecified atom stereocenters. The second-order valence-corrected chi connectivity index (χ2v) is 4.40. The number of hydrogen-bond donors (Lipinski definition) is 2. The highest BCUT2D eigenvalue weighted by Gasteiger charge is 2.25. The van der Waals surface area contributed by atoms with E-state index in [2.05, 4.69) is 11.5 Å². The molecule has 0 atom stereocenters. The minimum absolute atomic E-state index is 0.107. The Bertz CT molecular complexity index is 327. The standard InChI is InChI=1S/C12H21N3O4/c1-2-3-15(10-11(17)18)12(19)14-6-4-13(5-7-14)8-9-16/h2,16H,1,3-10H2,(H,17,18). The minimum Gasteiger partial charge on any atom is -0.480 e. The Morgan fingerprint density at radius 3 is 2.37 bits per heavy atom. The van der Waals surface area contributed by atoms with E-state index < -0.39 is 5.97 Å². The zero-order valence-electron chi connectivity index (χ0n) is 11.0. The Morgan fingerprint density at radius 1 is 1.26 bits per heavy atom. The van der Waals surface area contributed by atoms with E-state index in [9.17, 15) is 9.59 Å². The molecule has 1 rings (SSSR count). The van der Waals surface area contributed by atoms with E-state index in [1.165, 1.54) is 11.0 Å². The van der Waals surface area contributed by atoms with Crippen molar-refractivity contribution in [1.29, 1.82) is 0 Å². The van der Waals surface area contributed by atoms with Crippen LogP contribution in [0.2, 0.25) is 0 Å². The van der Waals surface area contributed by atoms with Crippen LogP contribution in [0.5, 0.6) is 0 Å². The zero-order chi connectivity index (χ0) is 14.3. The molecule has 0 aliphatic carbocycles. The van der Waals surface area contributed by atoms with Crippen molar-refractivity contribution < 1.29 is 19.8 Å². The number of urea groups is 1. The first-order chi connectivity index (χ1) is 9.08. The van der Waals surface area contributed by atoms with Gasteiger partial charge in [0, 0.05) is 39.3 Å². The number of β-amino-alcohol motifs (C(OH)–C–C–N with tert-alkyl or cyclic N) is 1. The van der Waals surface area contributed by atoms with Crippen molar-refractivity contribution >= 4 is 12.0 Å². The van der Waals surface area contributed by atoms with Gasteiger partial charge < -0.3 is 20.0 Å². The zero-order valence-corrected chi connectivity index (χ0v) is 11.0. The summed E-state index contributed by atoms with van der Waals surface area (Å²) in [7, 11) is 0. The maximum absolute atomic E-state index is 12.2. The van der Waals surface area contributed by atoms with Gasteiger partial charge in [-0.2, -0.15) is 0 Å². The van der Waals surface area contributed by atoms with Crippen molar-refractivity contribution in [2.24, 2.45) is 0 Å². The maximum Gasteiger partial charge on any atom is 0.323 e. The van der Waals surface area contributed by atoms with Gasteiger partial charge in [-0.1, -0.05) is 6.08 Å². The summed E-state index contributed by atoms with van der Waals surface area (Å²) in [6.45, 7) is 6.64. The quantitative estimate of drug-likeness (QED) is 0.623. The molecule has 1 aliphatic heterocycles. The largest absolute Gasteiger partial charge is 0.480 e. The first-order valence-corrected chi connectivity index (χ1v) is 6.28. The summed E-state index contributed by atoms with van der Waals surface area (Å²) in [5.41, 5.74) is 0. The number of carbonyl (C=O) groups is 2. The minimum atomic E-state index is -1.03. The van der Waals surface area contributed by atoms with Gasteiger partial charge in [-0.3, -0.25) is 9.69 Å².